The molecule has 0 aliphatic carbocycles. The average Bonchev–Trinajstić information content (AvgIpc) is 2.87. The van der Waals surface area contributed by atoms with Crippen molar-refractivity contribution in [1.82, 2.24) is 20.5 Å². The number of piperidine rings is 1. The van der Waals surface area contributed by atoms with Crippen molar-refractivity contribution in [2.75, 3.05) is 32.7 Å². The molecule has 1 saturated heterocycles. The zero-order valence-electron chi connectivity index (χ0n) is 15.7. The van der Waals surface area contributed by atoms with E-state index in [-0.39, 0.29) is 0 Å². The summed E-state index contributed by atoms with van der Waals surface area (Å²) in [5.41, 5.74) is 1.12. The van der Waals surface area contributed by atoms with Crippen molar-refractivity contribution in [3.8, 4) is 0 Å². The highest BCUT2D eigenvalue weighted by Crippen LogP contribution is 2.17. The van der Waals surface area contributed by atoms with Crippen LogP contribution in [0.15, 0.2) is 4.99 Å². The summed E-state index contributed by atoms with van der Waals surface area (Å²) in [4.78, 5) is 13.1. The van der Waals surface area contributed by atoms with Gasteiger partial charge in [-0.15, -0.1) is 11.3 Å². The highest BCUT2D eigenvalue weighted by Gasteiger charge is 2.15. The standard InChI is InChI=1S/C18H33N5S/c1-5-19-18(21-12-17-22-15(3)16(4)24-17)20-9-7-11-23-10-6-8-14(2)13-23/h14H,5-13H2,1-4H3,(H2,19,20,21). The van der Waals surface area contributed by atoms with Crippen LogP contribution in [-0.2, 0) is 6.54 Å². The summed E-state index contributed by atoms with van der Waals surface area (Å²) >= 11 is 1.74. The number of aryl methyl sites for hydroxylation is 2. The van der Waals surface area contributed by atoms with Crippen molar-refractivity contribution in [1.29, 1.82) is 0 Å². The van der Waals surface area contributed by atoms with Gasteiger partial charge in [0.2, 0.25) is 0 Å². The summed E-state index contributed by atoms with van der Waals surface area (Å²) in [6, 6.07) is 0. The number of thiazole rings is 1. The monoisotopic (exact) mass is 351 g/mol. The molecule has 1 unspecified atom stereocenters. The Bertz CT molecular complexity index is 506. The zero-order valence-corrected chi connectivity index (χ0v) is 16.5. The van der Waals surface area contributed by atoms with Gasteiger partial charge in [0, 0.05) is 24.5 Å². The number of hydrogen-bond acceptors (Lipinski definition) is 4. The predicted molar refractivity (Wildman–Crippen MR) is 104 cm³/mol. The van der Waals surface area contributed by atoms with Gasteiger partial charge < -0.3 is 15.5 Å². The van der Waals surface area contributed by atoms with Crippen molar-refractivity contribution in [3.05, 3.63) is 15.6 Å². The minimum atomic E-state index is 0.651. The lowest BCUT2D eigenvalue weighted by Crippen LogP contribution is -2.40. The Kier molecular flexibility index (Phi) is 7.99. The lowest BCUT2D eigenvalue weighted by molar-refractivity contribution is 0.182. The van der Waals surface area contributed by atoms with Crippen LogP contribution in [0.25, 0.3) is 0 Å². The smallest absolute Gasteiger partial charge is 0.191 e. The Balaban J connectivity index is 1.72. The lowest BCUT2D eigenvalue weighted by Gasteiger charge is -2.30. The van der Waals surface area contributed by atoms with Gasteiger partial charge in [-0.05, 0) is 59.0 Å². The van der Waals surface area contributed by atoms with E-state index in [0.29, 0.717) is 6.54 Å². The summed E-state index contributed by atoms with van der Waals surface area (Å²) in [6.07, 6.45) is 3.90. The van der Waals surface area contributed by atoms with Crippen LogP contribution in [0.3, 0.4) is 0 Å². The third-order valence-electron chi connectivity index (χ3n) is 4.47. The number of hydrogen-bond donors (Lipinski definition) is 2. The van der Waals surface area contributed by atoms with Crippen LogP contribution in [0, 0.1) is 19.8 Å². The molecule has 0 amide bonds. The summed E-state index contributed by atoms with van der Waals surface area (Å²) in [6.45, 7) is 14.8. The molecular weight excluding hydrogens is 318 g/mol. The van der Waals surface area contributed by atoms with E-state index in [9.17, 15) is 0 Å². The van der Waals surface area contributed by atoms with Gasteiger partial charge in [-0.1, -0.05) is 6.92 Å². The number of likely N-dealkylation sites (tertiary alicyclic amines) is 1. The van der Waals surface area contributed by atoms with Crippen LogP contribution >= 0.6 is 11.3 Å². The van der Waals surface area contributed by atoms with Crippen LogP contribution in [0.5, 0.6) is 0 Å². The molecule has 0 saturated carbocycles. The summed E-state index contributed by atoms with van der Waals surface area (Å²) < 4.78 is 0. The van der Waals surface area contributed by atoms with E-state index in [4.69, 9.17) is 0 Å². The fourth-order valence-corrected chi connectivity index (χ4v) is 3.95. The van der Waals surface area contributed by atoms with Gasteiger partial charge in [-0.2, -0.15) is 0 Å². The van der Waals surface area contributed by atoms with Crippen LogP contribution in [0.2, 0.25) is 0 Å². The molecule has 24 heavy (non-hydrogen) atoms. The largest absolute Gasteiger partial charge is 0.357 e. The Morgan fingerprint density at radius 1 is 1.38 bits per heavy atom. The molecule has 2 heterocycles. The van der Waals surface area contributed by atoms with Gasteiger partial charge in [0.15, 0.2) is 5.96 Å². The summed E-state index contributed by atoms with van der Waals surface area (Å²) in [5.74, 6) is 1.76. The van der Waals surface area contributed by atoms with Crippen LogP contribution in [0.4, 0.5) is 0 Å². The number of nitrogens with one attached hydrogen (secondary N) is 2. The van der Waals surface area contributed by atoms with Gasteiger partial charge in [-0.3, -0.25) is 0 Å². The fraction of sp³-hybridized carbons (Fsp3) is 0.778. The molecule has 0 spiro atoms. The molecule has 1 aliphatic heterocycles. The maximum Gasteiger partial charge on any atom is 0.191 e. The maximum atomic E-state index is 4.66. The lowest BCUT2D eigenvalue weighted by atomic mass is 10.0. The Labute approximate surface area is 151 Å². The Morgan fingerprint density at radius 3 is 2.88 bits per heavy atom. The minimum Gasteiger partial charge on any atom is -0.357 e. The first-order chi connectivity index (χ1) is 11.6. The normalized spacial score (nSPS) is 19.5. The molecule has 1 atom stereocenters. The van der Waals surface area contributed by atoms with Gasteiger partial charge in [0.05, 0.1) is 12.2 Å². The van der Waals surface area contributed by atoms with E-state index < -0.39 is 0 Å². The maximum absolute atomic E-state index is 4.66. The molecule has 2 rings (SSSR count). The Hall–Kier alpha value is -1.14. The number of guanidine groups is 1. The molecule has 1 aromatic heterocycles. The minimum absolute atomic E-state index is 0.651. The molecule has 6 heteroatoms. The van der Waals surface area contributed by atoms with E-state index in [1.165, 1.54) is 37.4 Å². The molecule has 0 bridgehead atoms. The third-order valence-corrected chi connectivity index (χ3v) is 5.53. The molecule has 5 nitrogen and oxygen atoms in total. The van der Waals surface area contributed by atoms with Crippen molar-refractivity contribution in [3.63, 3.8) is 0 Å². The van der Waals surface area contributed by atoms with E-state index >= 15 is 0 Å². The Morgan fingerprint density at radius 2 is 2.21 bits per heavy atom. The summed E-state index contributed by atoms with van der Waals surface area (Å²) in [7, 11) is 0. The fourth-order valence-electron chi connectivity index (χ4n) is 3.09. The number of aliphatic imine (C=N–C) groups is 1. The molecule has 136 valence electrons. The van der Waals surface area contributed by atoms with Crippen molar-refractivity contribution in [2.45, 2.75) is 53.5 Å². The second kappa shape index (κ2) is 9.99. The molecule has 0 radical (unpaired) electrons. The number of aromatic nitrogens is 1. The van der Waals surface area contributed by atoms with E-state index in [2.05, 4.69) is 53.2 Å². The summed E-state index contributed by atoms with van der Waals surface area (Å²) in [5, 5.41) is 7.86. The van der Waals surface area contributed by atoms with Crippen molar-refractivity contribution < 1.29 is 0 Å². The average molecular weight is 352 g/mol. The molecule has 0 aromatic carbocycles. The van der Waals surface area contributed by atoms with Crippen LogP contribution in [0.1, 0.15) is 48.7 Å². The van der Waals surface area contributed by atoms with E-state index in [1.807, 2.05) is 0 Å². The van der Waals surface area contributed by atoms with Gasteiger partial charge >= 0.3 is 0 Å². The SMILES string of the molecule is CCNC(=NCc1nc(C)c(C)s1)NCCCN1CCCC(C)C1. The first-order valence-corrected chi connectivity index (χ1v) is 10.1. The molecule has 1 fully saturated rings. The van der Waals surface area contributed by atoms with Gasteiger partial charge in [0.25, 0.3) is 0 Å². The highest BCUT2D eigenvalue weighted by molar-refractivity contribution is 7.11. The third kappa shape index (κ3) is 6.40. The van der Waals surface area contributed by atoms with Crippen LogP contribution in [-0.4, -0.2) is 48.6 Å². The highest BCUT2D eigenvalue weighted by atomic mass is 32.1. The second-order valence-electron chi connectivity index (χ2n) is 6.77. The first-order valence-electron chi connectivity index (χ1n) is 9.26. The van der Waals surface area contributed by atoms with Gasteiger partial charge in [-0.25, -0.2) is 9.98 Å². The second-order valence-corrected chi connectivity index (χ2v) is 8.06. The molecule has 2 N–H and O–H groups in total. The number of nitrogens with zero attached hydrogens (tertiary/aromatic N) is 3. The predicted octanol–water partition coefficient (Wildman–Crippen LogP) is 2.94. The van der Waals surface area contributed by atoms with E-state index in [1.54, 1.807) is 11.3 Å². The van der Waals surface area contributed by atoms with E-state index in [0.717, 1.165) is 42.1 Å². The topological polar surface area (TPSA) is 52.6 Å². The molecular formula is C18H33N5S. The quantitative estimate of drug-likeness (QED) is 0.450. The van der Waals surface area contributed by atoms with Crippen molar-refractivity contribution in [2.24, 2.45) is 10.9 Å². The van der Waals surface area contributed by atoms with Gasteiger partial charge in [0.1, 0.15) is 5.01 Å². The molecule has 1 aliphatic rings. The van der Waals surface area contributed by atoms with Crippen LogP contribution < -0.4 is 10.6 Å². The molecule has 1 aromatic rings. The number of rotatable bonds is 7. The zero-order chi connectivity index (χ0) is 17.4. The first kappa shape index (κ1) is 19.2. The van der Waals surface area contributed by atoms with Crippen molar-refractivity contribution >= 4 is 17.3 Å².